The molecular weight excluding hydrogens is 402 g/mol. The van der Waals surface area contributed by atoms with Gasteiger partial charge in [-0.3, -0.25) is 4.98 Å². The van der Waals surface area contributed by atoms with Crippen molar-refractivity contribution in [3.05, 3.63) is 53.4 Å². The Hall–Kier alpha value is -1.91. The molecule has 3 rings (SSSR count). The van der Waals surface area contributed by atoms with Gasteiger partial charge < -0.3 is 0 Å². The summed E-state index contributed by atoms with van der Waals surface area (Å²) in [5.74, 6) is -6.55. The van der Waals surface area contributed by atoms with Crippen LogP contribution in [0.15, 0.2) is 30.5 Å². The Labute approximate surface area is 183 Å². The number of hydrogen-bond acceptors (Lipinski definition) is 1. The maximum atomic E-state index is 14.9. The van der Waals surface area contributed by atoms with Crippen LogP contribution in [0, 0.1) is 17.6 Å². The van der Waals surface area contributed by atoms with E-state index in [1.807, 2.05) is 13.0 Å². The molecule has 1 aromatic heterocycles. The lowest BCUT2D eigenvalue weighted by molar-refractivity contribution is -0.0747. The smallest absolute Gasteiger partial charge is 0.255 e. The quantitative estimate of drug-likeness (QED) is 0.284. The normalized spacial score (nSPS) is 20.7. The Bertz CT molecular complexity index is 847. The lowest BCUT2D eigenvalue weighted by Gasteiger charge is -2.36. The second-order valence-electron chi connectivity index (χ2n) is 8.93. The summed E-state index contributed by atoms with van der Waals surface area (Å²) in [7, 11) is 0. The average molecular weight is 436 g/mol. The molecule has 0 aliphatic heterocycles. The Kier molecular flexibility index (Phi) is 8.12. The number of aryl methyl sites for hydroxylation is 1. The van der Waals surface area contributed by atoms with Crippen molar-refractivity contribution in [1.82, 2.24) is 4.98 Å². The van der Waals surface area contributed by atoms with Gasteiger partial charge in [-0.15, -0.1) is 0 Å². The molecule has 1 saturated carbocycles. The number of halogens is 4. The first-order valence-electron chi connectivity index (χ1n) is 11.7. The molecule has 1 heterocycles. The van der Waals surface area contributed by atoms with E-state index in [4.69, 9.17) is 0 Å². The Morgan fingerprint density at radius 1 is 0.935 bits per heavy atom. The lowest BCUT2D eigenvalue weighted by atomic mass is 9.74. The fraction of sp³-hybridized carbons (Fsp3) is 0.577. The first kappa shape index (κ1) is 23.7. The minimum Gasteiger partial charge on any atom is -0.261 e. The van der Waals surface area contributed by atoms with E-state index in [2.05, 4.69) is 11.9 Å². The monoisotopic (exact) mass is 435 g/mol. The second-order valence-corrected chi connectivity index (χ2v) is 8.93. The highest BCUT2D eigenvalue weighted by Gasteiger charge is 2.46. The van der Waals surface area contributed by atoms with E-state index < -0.39 is 23.5 Å². The van der Waals surface area contributed by atoms with Gasteiger partial charge in [0.05, 0.1) is 5.92 Å². The van der Waals surface area contributed by atoms with E-state index in [0.29, 0.717) is 12.0 Å². The first-order valence-corrected chi connectivity index (χ1v) is 11.7. The van der Waals surface area contributed by atoms with Crippen molar-refractivity contribution < 1.29 is 17.6 Å². The van der Waals surface area contributed by atoms with Crippen molar-refractivity contribution in [2.75, 3.05) is 0 Å². The summed E-state index contributed by atoms with van der Waals surface area (Å²) in [6, 6.07) is 6.30. The largest absolute Gasteiger partial charge is 0.261 e. The van der Waals surface area contributed by atoms with Crippen LogP contribution in [0.1, 0.15) is 88.8 Å². The summed E-state index contributed by atoms with van der Waals surface area (Å²) >= 11 is 0. The molecule has 2 aromatic rings. The van der Waals surface area contributed by atoms with Gasteiger partial charge in [-0.2, -0.15) is 0 Å². The maximum absolute atomic E-state index is 14.9. The van der Waals surface area contributed by atoms with Gasteiger partial charge in [0.25, 0.3) is 5.92 Å². The minimum atomic E-state index is -3.02. The van der Waals surface area contributed by atoms with Gasteiger partial charge in [0.15, 0.2) is 11.6 Å². The molecular formula is C26H33F4N. The number of benzene rings is 1. The number of aromatic nitrogens is 1. The molecule has 1 aromatic carbocycles. The SMILES string of the molecule is CCCCCc1ccc(-c2ccc(C3CCC(CCCC)CC3(F)F)c(F)c2F)cn1. The van der Waals surface area contributed by atoms with Gasteiger partial charge in [0.2, 0.25) is 0 Å². The Balaban J connectivity index is 1.78. The van der Waals surface area contributed by atoms with Crippen LogP contribution in [-0.4, -0.2) is 10.9 Å². The van der Waals surface area contributed by atoms with Crippen molar-refractivity contribution in [2.45, 2.75) is 89.9 Å². The van der Waals surface area contributed by atoms with Gasteiger partial charge in [-0.25, -0.2) is 17.6 Å². The van der Waals surface area contributed by atoms with Crippen LogP contribution in [0.4, 0.5) is 17.6 Å². The number of pyridine rings is 1. The Morgan fingerprint density at radius 2 is 1.71 bits per heavy atom. The van der Waals surface area contributed by atoms with Crippen LogP contribution >= 0.6 is 0 Å². The van der Waals surface area contributed by atoms with Gasteiger partial charge in [-0.1, -0.05) is 64.2 Å². The van der Waals surface area contributed by atoms with Crippen LogP contribution in [0.3, 0.4) is 0 Å². The second kappa shape index (κ2) is 10.6. The van der Waals surface area contributed by atoms with Crippen LogP contribution < -0.4 is 0 Å². The highest BCUT2D eigenvalue weighted by molar-refractivity contribution is 5.64. The molecule has 0 amide bonds. The van der Waals surface area contributed by atoms with E-state index in [9.17, 15) is 17.6 Å². The van der Waals surface area contributed by atoms with Gasteiger partial charge in [0, 0.05) is 29.4 Å². The molecule has 1 aliphatic carbocycles. The predicted molar refractivity (Wildman–Crippen MR) is 117 cm³/mol. The molecule has 170 valence electrons. The van der Waals surface area contributed by atoms with Crippen LogP contribution in [0.2, 0.25) is 0 Å². The van der Waals surface area contributed by atoms with Gasteiger partial charge >= 0.3 is 0 Å². The number of unbranched alkanes of at least 4 members (excludes halogenated alkanes) is 3. The topological polar surface area (TPSA) is 12.9 Å². The molecule has 0 N–H and O–H groups in total. The fourth-order valence-corrected chi connectivity index (χ4v) is 4.71. The molecule has 1 nitrogen and oxygen atoms in total. The summed E-state index contributed by atoms with van der Waals surface area (Å²) in [6.07, 6.45) is 8.90. The van der Waals surface area contributed by atoms with E-state index in [1.165, 1.54) is 18.3 Å². The molecule has 0 spiro atoms. The highest BCUT2D eigenvalue weighted by Crippen LogP contribution is 2.49. The third-order valence-electron chi connectivity index (χ3n) is 6.56. The number of nitrogens with zero attached hydrogens (tertiary/aromatic N) is 1. The summed E-state index contributed by atoms with van der Waals surface area (Å²) in [5, 5.41) is 0. The van der Waals surface area contributed by atoms with Crippen LogP contribution in [0.25, 0.3) is 11.1 Å². The van der Waals surface area contributed by atoms with Crippen LogP contribution in [0.5, 0.6) is 0 Å². The van der Waals surface area contributed by atoms with Gasteiger partial charge in [0.1, 0.15) is 0 Å². The molecule has 1 fully saturated rings. The number of alkyl halides is 2. The zero-order valence-electron chi connectivity index (χ0n) is 18.6. The molecule has 5 heteroatoms. The van der Waals surface area contributed by atoms with E-state index in [0.717, 1.165) is 50.6 Å². The molecule has 31 heavy (non-hydrogen) atoms. The van der Waals surface area contributed by atoms with Crippen molar-refractivity contribution in [3.63, 3.8) is 0 Å². The summed E-state index contributed by atoms with van der Waals surface area (Å²) < 4.78 is 59.5. The Morgan fingerprint density at radius 3 is 2.35 bits per heavy atom. The molecule has 2 atom stereocenters. The number of rotatable bonds is 9. The van der Waals surface area contributed by atoms with E-state index in [1.54, 1.807) is 6.07 Å². The van der Waals surface area contributed by atoms with Crippen molar-refractivity contribution in [2.24, 2.45) is 5.92 Å². The number of hydrogen-bond donors (Lipinski definition) is 0. The summed E-state index contributed by atoms with van der Waals surface area (Å²) in [4.78, 5) is 4.36. The first-order chi connectivity index (χ1) is 14.9. The molecule has 0 saturated heterocycles. The van der Waals surface area contributed by atoms with Crippen molar-refractivity contribution in [1.29, 1.82) is 0 Å². The van der Waals surface area contributed by atoms with E-state index >= 15 is 0 Å². The minimum absolute atomic E-state index is 0.0414. The third-order valence-corrected chi connectivity index (χ3v) is 6.56. The third kappa shape index (κ3) is 5.67. The maximum Gasteiger partial charge on any atom is 0.255 e. The average Bonchev–Trinajstić information content (AvgIpc) is 2.75. The van der Waals surface area contributed by atoms with Crippen molar-refractivity contribution in [3.8, 4) is 11.1 Å². The molecule has 0 radical (unpaired) electrons. The fourth-order valence-electron chi connectivity index (χ4n) is 4.71. The van der Waals surface area contributed by atoms with Gasteiger partial charge in [-0.05, 0) is 43.2 Å². The lowest BCUT2D eigenvalue weighted by Crippen LogP contribution is -2.35. The van der Waals surface area contributed by atoms with Crippen molar-refractivity contribution >= 4 is 0 Å². The zero-order chi connectivity index (χ0) is 22.4. The van der Waals surface area contributed by atoms with Crippen LogP contribution in [-0.2, 0) is 6.42 Å². The summed E-state index contributed by atoms with van der Waals surface area (Å²) in [6.45, 7) is 4.17. The molecule has 1 aliphatic rings. The zero-order valence-corrected chi connectivity index (χ0v) is 18.6. The molecule has 2 unspecified atom stereocenters. The predicted octanol–water partition coefficient (Wildman–Crippen LogP) is 8.47. The summed E-state index contributed by atoms with van der Waals surface area (Å²) in [5.41, 5.74) is 1.23. The molecule has 0 bridgehead atoms. The van der Waals surface area contributed by atoms with E-state index in [-0.39, 0.29) is 29.9 Å². The highest BCUT2D eigenvalue weighted by atomic mass is 19.3. The standard InChI is InChI=1S/C26H33F4N/c1-3-5-7-9-20-12-11-19(17-31-20)21-13-14-22(25(28)24(21)27)23-15-10-18(8-6-4-2)16-26(23,29)30/h11-14,17-18,23H,3-10,15-16H2,1-2H3.